The fraction of sp³-hybridized carbons (Fsp3) is 0.875. The number of aliphatic hydroxyl groups is 1. The summed E-state index contributed by atoms with van der Waals surface area (Å²) >= 11 is 0. The van der Waals surface area contributed by atoms with E-state index in [0.29, 0.717) is 12.8 Å². The van der Waals surface area contributed by atoms with Crippen molar-refractivity contribution in [2.24, 2.45) is 11.3 Å². The van der Waals surface area contributed by atoms with Gasteiger partial charge in [-0.25, -0.2) is 4.79 Å². The van der Waals surface area contributed by atoms with Crippen LogP contribution >= 0.6 is 0 Å². The lowest BCUT2D eigenvalue weighted by Crippen LogP contribution is -2.53. The molecule has 0 heterocycles. The van der Waals surface area contributed by atoms with Gasteiger partial charge in [0.1, 0.15) is 5.60 Å². The summed E-state index contributed by atoms with van der Waals surface area (Å²) in [5.74, 6) is -0.702. The molecule has 2 aliphatic rings. The number of hydrogen-bond acceptors (Lipinski definition) is 4. The number of carbonyl (C=O) groups is 2. The molecule has 0 atom stereocenters. The number of carbonyl (C=O) groups excluding carboxylic acids is 1. The zero-order chi connectivity index (χ0) is 16.5. The maximum atomic E-state index is 11.8. The molecule has 0 saturated heterocycles. The average Bonchev–Trinajstić information content (AvgIpc) is 2.33. The van der Waals surface area contributed by atoms with Crippen molar-refractivity contribution >= 4 is 12.1 Å². The molecule has 0 radical (unpaired) electrons. The predicted octanol–water partition coefficient (Wildman–Crippen LogP) is 2.30. The first-order valence-corrected chi connectivity index (χ1v) is 8.03. The zero-order valence-corrected chi connectivity index (χ0v) is 13.6. The van der Waals surface area contributed by atoms with Crippen LogP contribution in [0, 0.1) is 11.3 Å². The standard InChI is InChI=1S/C16H27NO5/c1-15(2,3)22-14(21)17-11-6-4-10(5-7-11)16(13(19)20)8-12(18)9-16/h10-12,18H,4-9H2,1-3H3,(H,17,21)(H,19,20). The number of ether oxygens (including phenoxy) is 1. The maximum absolute atomic E-state index is 11.8. The highest BCUT2D eigenvalue weighted by molar-refractivity contribution is 5.76. The van der Waals surface area contributed by atoms with E-state index in [-0.39, 0.29) is 12.0 Å². The SMILES string of the molecule is CC(C)(C)OC(=O)NC1CCC(C2(C(=O)O)CC(O)C2)CC1. The van der Waals surface area contributed by atoms with Crippen LogP contribution in [-0.4, -0.2) is 40.0 Å². The fourth-order valence-electron chi connectivity index (χ4n) is 3.73. The van der Waals surface area contributed by atoms with Gasteiger partial charge in [-0.3, -0.25) is 4.79 Å². The summed E-state index contributed by atoms with van der Waals surface area (Å²) in [6.45, 7) is 5.46. The molecule has 0 aromatic rings. The van der Waals surface area contributed by atoms with Crippen molar-refractivity contribution in [2.45, 2.75) is 77.0 Å². The topological polar surface area (TPSA) is 95.9 Å². The summed E-state index contributed by atoms with van der Waals surface area (Å²) in [7, 11) is 0. The molecule has 0 aliphatic heterocycles. The van der Waals surface area contributed by atoms with Crippen molar-refractivity contribution in [1.29, 1.82) is 0 Å². The van der Waals surface area contributed by atoms with Gasteiger partial charge in [0.2, 0.25) is 0 Å². The molecule has 126 valence electrons. The first kappa shape index (κ1) is 17.1. The first-order chi connectivity index (χ1) is 10.1. The third kappa shape index (κ3) is 3.72. The van der Waals surface area contributed by atoms with Crippen molar-refractivity contribution in [3.8, 4) is 0 Å². The van der Waals surface area contributed by atoms with Gasteiger partial charge in [-0.15, -0.1) is 0 Å². The summed E-state index contributed by atoms with van der Waals surface area (Å²) in [5.41, 5.74) is -1.27. The van der Waals surface area contributed by atoms with Gasteiger partial charge in [0.05, 0.1) is 11.5 Å². The summed E-state index contributed by atoms with van der Waals surface area (Å²) in [4.78, 5) is 23.3. The lowest BCUT2D eigenvalue weighted by atomic mass is 9.56. The van der Waals surface area contributed by atoms with Gasteiger partial charge in [0.15, 0.2) is 0 Å². The van der Waals surface area contributed by atoms with E-state index in [1.54, 1.807) is 0 Å². The van der Waals surface area contributed by atoms with Gasteiger partial charge < -0.3 is 20.3 Å². The summed E-state index contributed by atoms with van der Waals surface area (Å²) in [6, 6.07) is 0.0435. The Hall–Kier alpha value is -1.30. The van der Waals surface area contributed by atoms with Crippen LogP contribution in [0.2, 0.25) is 0 Å². The van der Waals surface area contributed by atoms with E-state index in [2.05, 4.69) is 5.32 Å². The fourth-order valence-corrected chi connectivity index (χ4v) is 3.73. The van der Waals surface area contributed by atoms with Gasteiger partial charge in [-0.2, -0.15) is 0 Å². The quantitative estimate of drug-likeness (QED) is 0.743. The largest absolute Gasteiger partial charge is 0.481 e. The number of alkyl carbamates (subject to hydrolysis) is 1. The van der Waals surface area contributed by atoms with Crippen LogP contribution in [-0.2, 0) is 9.53 Å². The third-order valence-corrected chi connectivity index (χ3v) is 4.86. The van der Waals surface area contributed by atoms with Gasteiger partial charge in [0.25, 0.3) is 0 Å². The molecule has 6 nitrogen and oxygen atoms in total. The van der Waals surface area contributed by atoms with E-state index in [1.165, 1.54) is 0 Å². The molecule has 22 heavy (non-hydrogen) atoms. The average molecular weight is 313 g/mol. The Morgan fingerprint density at radius 2 is 1.68 bits per heavy atom. The highest BCUT2D eigenvalue weighted by Gasteiger charge is 2.55. The van der Waals surface area contributed by atoms with E-state index in [9.17, 15) is 19.8 Å². The molecule has 2 saturated carbocycles. The zero-order valence-electron chi connectivity index (χ0n) is 13.6. The molecular weight excluding hydrogens is 286 g/mol. The van der Waals surface area contributed by atoms with Crippen LogP contribution in [0.5, 0.6) is 0 Å². The normalized spacial score (nSPS) is 35.4. The Balaban J connectivity index is 1.83. The number of aliphatic carboxylic acids is 1. The second kappa shape index (κ2) is 6.07. The second-order valence-electron chi connectivity index (χ2n) is 7.72. The highest BCUT2D eigenvalue weighted by Crippen LogP contribution is 2.52. The molecule has 0 bridgehead atoms. The van der Waals surface area contributed by atoms with Crippen molar-refractivity contribution in [2.75, 3.05) is 0 Å². The number of nitrogens with one attached hydrogen (secondary N) is 1. The third-order valence-electron chi connectivity index (χ3n) is 4.86. The van der Waals surface area contributed by atoms with Crippen molar-refractivity contribution in [3.63, 3.8) is 0 Å². The summed E-state index contributed by atoms with van der Waals surface area (Å²) in [5, 5.41) is 21.9. The first-order valence-electron chi connectivity index (χ1n) is 8.03. The van der Waals surface area contributed by atoms with E-state index in [1.807, 2.05) is 20.8 Å². The van der Waals surface area contributed by atoms with Gasteiger partial charge in [0, 0.05) is 6.04 Å². The van der Waals surface area contributed by atoms with Crippen molar-refractivity contribution in [3.05, 3.63) is 0 Å². The molecule has 0 aromatic heterocycles. The molecule has 2 fully saturated rings. The minimum atomic E-state index is -0.790. The number of rotatable bonds is 3. The van der Waals surface area contributed by atoms with E-state index in [0.717, 1.165) is 25.7 Å². The number of carboxylic acids is 1. The maximum Gasteiger partial charge on any atom is 0.407 e. The number of hydrogen-bond donors (Lipinski definition) is 3. The van der Waals surface area contributed by atoms with Crippen LogP contribution < -0.4 is 5.32 Å². The molecule has 6 heteroatoms. The molecule has 3 N–H and O–H groups in total. The molecule has 0 spiro atoms. The van der Waals surface area contributed by atoms with Crippen LogP contribution in [0.1, 0.15) is 59.3 Å². The Bertz CT molecular complexity index is 428. The van der Waals surface area contributed by atoms with Gasteiger partial charge >= 0.3 is 12.1 Å². The van der Waals surface area contributed by atoms with Crippen LogP contribution in [0.3, 0.4) is 0 Å². The minimum Gasteiger partial charge on any atom is -0.481 e. The Morgan fingerprint density at radius 1 is 1.14 bits per heavy atom. The Kier molecular flexibility index (Phi) is 4.70. The van der Waals surface area contributed by atoms with Gasteiger partial charge in [-0.1, -0.05) is 0 Å². The predicted molar refractivity (Wildman–Crippen MR) is 80.4 cm³/mol. The minimum absolute atomic E-state index is 0.0435. The number of aliphatic hydroxyl groups excluding tert-OH is 1. The van der Waals surface area contributed by atoms with Crippen LogP contribution in [0.15, 0.2) is 0 Å². The lowest BCUT2D eigenvalue weighted by molar-refractivity contribution is -0.173. The second-order valence-corrected chi connectivity index (χ2v) is 7.72. The van der Waals surface area contributed by atoms with Crippen LogP contribution in [0.4, 0.5) is 4.79 Å². The molecule has 1 amide bonds. The van der Waals surface area contributed by atoms with Gasteiger partial charge in [-0.05, 0) is 65.2 Å². The molecule has 2 aliphatic carbocycles. The molecule has 0 unspecified atom stereocenters. The summed E-state index contributed by atoms with van der Waals surface area (Å²) in [6.07, 6.45) is 2.87. The van der Waals surface area contributed by atoms with Crippen molar-refractivity contribution < 1.29 is 24.5 Å². The lowest BCUT2D eigenvalue weighted by Gasteiger charge is -2.49. The monoisotopic (exact) mass is 313 g/mol. The summed E-state index contributed by atoms with van der Waals surface area (Å²) < 4.78 is 5.24. The van der Waals surface area contributed by atoms with E-state index < -0.39 is 29.2 Å². The van der Waals surface area contributed by atoms with Crippen LogP contribution in [0.25, 0.3) is 0 Å². The van der Waals surface area contributed by atoms with E-state index in [4.69, 9.17) is 4.74 Å². The smallest absolute Gasteiger partial charge is 0.407 e. The Labute approximate surface area is 131 Å². The Morgan fingerprint density at radius 3 is 2.09 bits per heavy atom. The van der Waals surface area contributed by atoms with Crippen molar-refractivity contribution in [1.82, 2.24) is 5.32 Å². The van der Waals surface area contributed by atoms with E-state index >= 15 is 0 Å². The molecular formula is C16H27NO5. The molecule has 2 rings (SSSR count). The number of amides is 1. The number of carboxylic acid groups (broad SMARTS) is 1. The highest BCUT2D eigenvalue weighted by atomic mass is 16.6. The molecule has 0 aromatic carbocycles.